The molecule has 0 N–H and O–H groups in total. The van der Waals surface area contributed by atoms with E-state index in [9.17, 15) is 0 Å². The van der Waals surface area contributed by atoms with Crippen LogP contribution in [0.15, 0.2) is 152 Å². The van der Waals surface area contributed by atoms with Gasteiger partial charge >= 0.3 is 0 Å². The first-order chi connectivity index (χ1) is 25.7. The number of hydrogen-bond donors (Lipinski definition) is 0. The highest BCUT2D eigenvalue weighted by Crippen LogP contribution is 2.69. The molecular formula is C50H39NS. The molecule has 5 aliphatic carbocycles. The van der Waals surface area contributed by atoms with Crippen molar-refractivity contribution in [2.24, 2.45) is 23.7 Å². The molecule has 4 fully saturated rings. The summed E-state index contributed by atoms with van der Waals surface area (Å²) in [6.07, 6.45) is 7.12. The van der Waals surface area contributed by atoms with Gasteiger partial charge in [0, 0.05) is 42.6 Å². The molecule has 1 nitrogen and oxygen atoms in total. The largest absolute Gasteiger partial charge is 0.310 e. The Hall–Kier alpha value is -5.18. The van der Waals surface area contributed by atoms with Crippen molar-refractivity contribution in [3.63, 3.8) is 0 Å². The van der Waals surface area contributed by atoms with Gasteiger partial charge in [-0.15, -0.1) is 11.3 Å². The van der Waals surface area contributed by atoms with Crippen LogP contribution in [0, 0.1) is 23.7 Å². The van der Waals surface area contributed by atoms with Crippen molar-refractivity contribution in [2.45, 2.75) is 37.5 Å². The van der Waals surface area contributed by atoms with Gasteiger partial charge in [-0.25, -0.2) is 0 Å². The molecule has 1 spiro atoms. The zero-order valence-electron chi connectivity index (χ0n) is 29.1. The fourth-order valence-electron chi connectivity index (χ4n) is 11.9. The molecule has 4 bridgehead atoms. The molecule has 2 heteroatoms. The summed E-state index contributed by atoms with van der Waals surface area (Å²) in [7, 11) is 0. The normalized spacial score (nSPS) is 23.8. The molecule has 0 radical (unpaired) electrons. The van der Waals surface area contributed by atoms with Crippen molar-refractivity contribution in [3.8, 4) is 22.3 Å². The Morgan fingerprint density at radius 3 is 1.90 bits per heavy atom. The number of nitrogens with zero attached hydrogens (tertiary/aromatic N) is 1. The summed E-state index contributed by atoms with van der Waals surface area (Å²) in [5.74, 6) is 3.43. The van der Waals surface area contributed by atoms with Crippen LogP contribution in [0.25, 0.3) is 53.2 Å². The predicted molar refractivity (Wildman–Crippen MR) is 220 cm³/mol. The maximum absolute atomic E-state index is 2.56. The molecular weight excluding hydrogens is 647 g/mol. The number of rotatable bonds is 4. The minimum Gasteiger partial charge on any atom is -0.310 e. The first-order valence-corrected chi connectivity index (χ1v) is 20.1. The van der Waals surface area contributed by atoms with E-state index in [0.717, 1.165) is 23.7 Å². The lowest BCUT2D eigenvalue weighted by Crippen LogP contribution is -2.55. The monoisotopic (exact) mass is 685 g/mol. The van der Waals surface area contributed by atoms with Gasteiger partial charge in [-0.1, -0.05) is 109 Å². The highest BCUT2D eigenvalue weighted by Gasteiger charge is 2.61. The van der Waals surface area contributed by atoms with E-state index in [1.54, 1.807) is 11.1 Å². The Bertz CT molecular complexity index is 2680. The molecule has 4 saturated carbocycles. The van der Waals surface area contributed by atoms with Crippen LogP contribution in [0.5, 0.6) is 0 Å². The molecule has 1 aromatic heterocycles. The second-order valence-corrected chi connectivity index (χ2v) is 17.2. The highest BCUT2D eigenvalue weighted by atomic mass is 32.1. The molecule has 8 aromatic rings. The SMILES string of the molecule is c1ccc2c(c1)-c1cc(N(c3ccc(-c4cccc5ccccc45)cc3)c3ccc4c(c3)sc3ccccc34)ccc1C21C2CC3CC(C2)CC1C3. The Morgan fingerprint density at radius 1 is 0.442 bits per heavy atom. The van der Waals surface area contributed by atoms with Gasteiger partial charge in [0.15, 0.2) is 0 Å². The number of anilines is 3. The van der Waals surface area contributed by atoms with E-state index in [1.807, 2.05) is 11.3 Å². The number of fused-ring (bicyclic) bond motifs is 7. The van der Waals surface area contributed by atoms with Gasteiger partial charge in [0.25, 0.3) is 0 Å². The van der Waals surface area contributed by atoms with E-state index in [-0.39, 0.29) is 5.41 Å². The zero-order chi connectivity index (χ0) is 34.0. The first kappa shape index (κ1) is 29.4. The topological polar surface area (TPSA) is 3.24 Å². The molecule has 0 aliphatic heterocycles. The van der Waals surface area contributed by atoms with E-state index in [4.69, 9.17) is 0 Å². The maximum Gasteiger partial charge on any atom is 0.0476 e. The van der Waals surface area contributed by atoms with Crippen molar-refractivity contribution in [3.05, 3.63) is 163 Å². The van der Waals surface area contributed by atoms with Gasteiger partial charge in [-0.2, -0.15) is 0 Å². The summed E-state index contributed by atoms with van der Waals surface area (Å²) in [6, 6.07) is 57.6. The lowest BCUT2D eigenvalue weighted by molar-refractivity contribution is -0.0399. The average Bonchev–Trinajstić information content (AvgIpc) is 3.70. The maximum atomic E-state index is 2.56. The fourth-order valence-corrected chi connectivity index (χ4v) is 13.0. The smallest absolute Gasteiger partial charge is 0.0476 e. The number of thiophene rings is 1. The molecule has 1 heterocycles. The fraction of sp³-hybridized carbons (Fsp3) is 0.200. The summed E-state index contributed by atoms with van der Waals surface area (Å²) >= 11 is 1.90. The van der Waals surface area contributed by atoms with Crippen LogP contribution in [0.2, 0.25) is 0 Å². The van der Waals surface area contributed by atoms with E-state index in [0.29, 0.717) is 0 Å². The summed E-state index contributed by atoms with van der Waals surface area (Å²) < 4.78 is 2.67. The van der Waals surface area contributed by atoms with Crippen LogP contribution in [0.3, 0.4) is 0 Å². The third-order valence-corrected chi connectivity index (χ3v) is 14.8. The van der Waals surface area contributed by atoms with Gasteiger partial charge in [-0.3, -0.25) is 0 Å². The number of hydrogen-bond acceptors (Lipinski definition) is 2. The average molecular weight is 686 g/mol. The first-order valence-electron chi connectivity index (χ1n) is 19.3. The quantitative estimate of drug-likeness (QED) is 0.178. The summed E-state index contributed by atoms with van der Waals surface area (Å²) in [5, 5.41) is 5.25. The number of benzene rings is 7. The summed E-state index contributed by atoms with van der Waals surface area (Å²) in [4.78, 5) is 2.50. The second kappa shape index (κ2) is 10.9. The Labute approximate surface area is 309 Å². The van der Waals surface area contributed by atoms with E-state index in [1.165, 1.54) is 102 Å². The van der Waals surface area contributed by atoms with Crippen molar-refractivity contribution in [2.75, 3.05) is 4.90 Å². The Kier molecular flexibility index (Phi) is 6.17. The van der Waals surface area contributed by atoms with Gasteiger partial charge in [0.1, 0.15) is 0 Å². The van der Waals surface area contributed by atoms with Crippen LogP contribution in [0.1, 0.15) is 43.2 Å². The lowest BCUT2D eigenvalue weighted by atomic mass is 9.43. The third-order valence-electron chi connectivity index (χ3n) is 13.6. The second-order valence-electron chi connectivity index (χ2n) is 16.1. The van der Waals surface area contributed by atoms with Gasteiger partial charge < -0.3 is 4.90 Å². The molecule has 7 aromatic carbocycles. The van der Waals surface area contributed by atoms with Crippen LogP contribution >= 0.6 is 11.3 Å². The van der Waals surface area contributed by atoms with Crippen molar-refractivity contribution >= 4 is 59.3 Å². The van der Waals surface area contributed by atoms with E-state index < -0.39 is 0 Å². The zero-order valence-corrected chi connectivity index (χ0v) is 30.0. The van der Waals surface area contributed by atoms with Crippen molar-refractivity contribution < 1.29 is 0 Å². The van der Waals surface area contributed by atoms with Gasteiger partial charge in [0.05, 0.1) is 0 Å². The van der Waals surface area contributed by atoms with Gasteiger partial charge in [0.2, 0.25) is 0 Å². The predicted octanol–water partition coefficient (Wildman–Crippen LogP) is 14.1. The molecule has 13 rings (SSSR count). The lowest BCUT2D eigenvalue weighted by Gasteiger charge is -2.61. The van der Waals surface area contributed by atoms with E-state index >= 15 is 0 Å². The standard InChI is InChI=1S/C50H39NS/c1-2-10-40-33(8-1)9-7-13-41(40)34-16-18-37(19-17-34)51(39-20-22-44-43-12-4-6-15-48(43)52-49(44)30-39)38-21-23-47-45(29-38)42-11-3-5-14-46(42)50(47)35-25-31-24-32(27-35)28-36(50)26-31/h1-23,29-32,35-36H,24-28H2. The van der Waals surface area contributed by atoms with Crippen LogP contribution in [0.4, 0.5) is 17.1 Å². The minimum absolute atomic E-state index is 0.179. The van der Waals surface area contributed by atoms with E-state index in [2.05, 4.69) is 157 Å². The summed E-state index contributed by atoms with van der Waals surface area (Å²) in [6.45, 7) is 0. The van der Waals surface area contributed by atoms with Crippen LogP contribution in [-0.4, -0.2) is 0 Å². The Morgan fingerprint density at radius 2 is 1.06 bits per heavy atom. The Balaban J connectivity index is 1.03. The third kappa shape index (κ3) is 4.05. The van der Waals surface area contributed by atoms with Gasteiger partial charge in [-0.05, 0) is 142 Å². The molecule has 250 valence electrons. The van der Waals surface area contributed by atoms with Crippen molar-refractivity contribution in [1.82, 2.24) is 0 Å². The molecule has 0 amide bonds. The van der Waals surface area contributed by atoms with Crippen molar-refractivity contribution in [1.29, 1.82) is 0 Å². The van der Waals surface area contributed by atoms with Crippen LogP contribution < -0.4 is 4.90 Å². The molecule has 0 atom stereocenters. The molecule has 0 unspecified atom stereocenters. The van der Waals surface area contributed by atoms with Crippen LogP contribution in [-0.2, 0) is 5.41 Å². The summed E-state index contributed by atoms with van der Waals surface area (Å²) in [5.41, 5.74) is 12.5. The highest BCUT2D eigenvalue weighted by molar-refractivity contribution is 7.25. The molecule has 52 heavy (non-hydrogen) atoms. The minimum atomic E-state index is 0.179. The molecule has 0 saturated heterocycles. The molecule has 5 aliphatic rings.